The predicted molar refractivity (Wildman–Crippen MR) is 117 cm³/mol. The number of amides is 1. The second-order valence-corrected chi connectivity index (χ2v) is 6.72. The third-order valence-corrected chi connectivity index (χ3v) is 4.79. The summed E-state index contributed by atoms with van der Waals surface area (Å²) in [7, 11) is 3.15. The summed E-state index contributed by atoms with van der Waals surface area (Å²) < 4.78 is 16.7. The zero-order valence-electron chi connectivity index (χ0n) is 17.2. The highest BCUT2D eigenvalue weighted by Crippen LogP contribution is 2.45. The maximum atomic E-state index is 12.7. The van der Waals surface area contributed by atoms with Gasteiger partial charge in [0.15, 0.2) is 0 Å². The molecule has 7 nitrogen and oxygen atoms in total. The minimum absolute atomic E-state index is 0.212. The monoisotopic (exact) mass is 415 g/mol. The van der Waals surface area contributed by atoms with E-state index in [1.807, 2.05) is 60.7 Å². The smallest absolute Gasteiger partial charge is 0.239 e. The molecule has 2 aromatic heterocycles. The number of nitrogens with zero attached hydrogens (tertiary/aromatic N) is 2. The van der Waals surface area contributed by atoms with Crippen LogP contribution in [0.25, 0.3) is 22.4 Å². The molecule has 0 aliphatic heterocycles. The number of pyridine rings is 1. The number of ether oxygens (including phenoxy) is 2. The quantitative estimate of drug-likeness (QED) is 0.475. The van der Waals surface area contributed by atoms with Crippen LogP contribution in [0.4, 0.5) is 5.88 Å². The van der Waals surface area contributed by atoms with Crippen LogP contribution < -0.4 is 14.8 Å². The first kappa shape index (κ1) is 20.2. The van der Waals surface area contributed by atoms with E-state index >= 15 is 0 Å². The van der Waals surface area contributed by atoms with Crippen LogP contribution in [0.1, 0.15) is 5.56 Å². The van der Waals surface area contributed by atoms with E-state index in [2.05, 4.69) is 15.5 Å². The minimum atomic E-state index is -0.212. The van der Waals surface area contributed by atoms with E-state index in [1.165, 1.54) is 0 Å². The lowest BCUT2D eigenvalue weighted by molar-refractivity contribution is -0.115. The standard InChI is InChI=1S/C24H21N3O4/c1-29-18-9-6-10-19(30-2)22(18)23-21(17-11-13-25-14-12-17)24(31-27-23)26-20(28)15-16-7-4-3-5-8-16/h3-14H,15H2,1-2H3,(H,26,28). The van der Waals surface area contributed by atoms with Crippen molar-refractivity contribution in [1.29, 1.82) is 0 Å². The molecule has 156 valence electrons. The summed E-state index contributed by atoms with van der Waals surface area (Å²) in [6, 6.07) is 18.6. The summed E-state index contributed by atoms with van der Waals surface area (Å²) in [5.41, 5.74) is 3.43. The summed E-state index contributed by atoms with van der Waals surface area (Å²) in [5, 5.41) is 7.12. The first-order valence-electron chi connectivity index (χ1n) is 9.66. The van der Waals surface area contributed by atoms with Crippen LogP contribution in [0, 0.1) is 0 Å². The van der Waals surface area contributed by atoms with Gasteiger partial charge in [-0.2, -0.15) is 0 Å². The van der Waals surface area contributed by atoms with Gasteiger partial charge in [0.05, 0.1) is 31.8 Å². The highest BCUT2D eigenvalue weighted by atomic mass is 16.5. The van der Waals surface area contributed by atoms with Crippen molar-refractivity contribution in [3.05, 3.63) is 78.6 Å². The van der Waals surface area contributed by atoms with E-state index in [9.17, 15) is 4.79 Å². The van der Waals surface area contributed by atoms with Gasteiger partial charge >= 0.3 is 0 Å². The topological polar surface area (TPSA) is 86.5 Å². The Bertz CT molecular complexity index is 1150. The Hall–Kier alpha value is -4.13. The van der Waals surface area contributed by atoms with E-state index in [1.54, 1.807) is 26.6 Å². The van der Waals surface area contributed by atoms with Crippen LogP contribution in [0.15, 0.2) is 77.6 Å². The van der Waals surface area contributed by atoms with Crippen LogP contribution in [0.5, 0.6) is 11.5 Å². The van der Waals surface area contributed by atoms with Crippen molar-refractivity contribution in [2.45, 2.75) is 6.42 Å². The van der Waals surface area contributed by atoms with Crippen molar-refractivity contribution in [2.75, 3.05) is 19.5 Å². The predicted octanol–water partition coefficient (Wildman–Crippen LogP) is 4.60. The van der Waals surface area contributed by atoms with Gasteiger partial charge in [0.25, 0.3) is 0 Å². The number of carbonyl (C=O) groups excluding carboxylic acids is 1. The number of aromatic nitrogens is 2. The van der Waals surface area contributed by atoms with Gasteiger partial charge in [-0.15, -0.1) is 0 Å². The van der Waals surface area contributed by atoms with E-state index in [0.29, 0.717) is 28.3 Å². The van der Waals surface area contributed by atoms with Crippen LogP contribution in [-0.4, -0.2) is 30.3 Å². The molecular weight excluding hydrogens is 394 g/mol. The molecule has 0 saturated heterocycles. The molecule has 0 fully saturated rings. The number of nitrogens with one attached hydrogen (secondary N) is 1. The average molecular weight is 415 g/mol. The summed E-state index contributed by atoms with van der Waals surface area (Å²) in [5.74, 6) is 1.18. The van der Waals surface area contributed by atoms with Gasteiger partial charge in [0, 0.05) is 12.4 Å². The Kier molecular flexibility index (Phi) is 5.93. The molecule has 0 saturated carbocycles. The molecule has 4 rings (SSSR count). The summed E-state index contributed by atoms with van der Waals surface area (Å²) in [6.07, 6.45) is 3.55. The van der Waals surface area contributed by atoms with Gasteiger partial charge in [-0.3, -0.25) is 15.1 Å². The van der Waals surface area contributed by atoms with Crippen molar-refractivity contribution in [1.82, 2.24) is 10.1 Å². The molecule has 0 radical (unpaired) electrons. The molecule has 0 aliphatic rings. The minimum Gasteiger partial charge on any atom is -0.496 e. The van der Waals surface area contributed by atoms with Crippen molar-refractivity contribution in [3.8, 4) is 33.9 Å². The Labute approximate surface area is 179 Å². The lowest BCUT2D eigenvalue weighted by atomic mass is 10.00. The number of anilines is 1. The van der Waals surface area contributed by atoms with Gasteiger partial charge in [0.1, 0.15) is 17.2 Å². The largest absolute Gasteiger partial charge is 0.496 e. The Balaban J connectivity index is 1.79. The highest BCUT2D eigenvalue weighted by molar-refractivity contribution is 5.99. The van der Waals surface area contributed by atoms with Gasteiger partial charge < -0.3 is 14.0 Å². The van der Waals surface area contributed by atoms with Crippen molar-refractivity contribution < 1.29 is 18.8 Å². The molecular formula is C24H21N3O4. The maximum Gasteiger partial charge on any atom is 0.239 e. The fourth-order valence-electron chi connectivity index (χ4n) is 3.37. The fourth-order valence-corrected chi connectivity index (χ4v) is 3.37. The molecule has 0 unspecified atom stereocenters. The summed E-state index contributed by atoms with van der Waals surface area (Å²) >= 11 is 0. The molecule has 31 heavy (non-hydrogen) atoms. The first-order chi connectivity index (χ1) is 15.2. The van der Waals surface area contributed by atoms with Crippen molar-refractivity contribution >= 4 is 11.8 Å². The number of methoxy groups -OCH3 is 2. The molecule has 0 atom stereocenters. The number of carbonyl (C=O) groups is 1. The van der Waals surface area contributed by atoms with Crippen molar-refractivity contribution in [3.63, 3.8) is 0 Å². The Morgan fingerprint density at radius 1 is 0.903 bits per heavy atom. The lowest BCUT2D eigenvalue weighted by Crippen LogP contribution is -2.14. The molecule has 1 N–H and O–H groups in total. The molecule has 2 aromatic carbocycles. The van der Waals surface area contributed by atoms with Crippen LogP contribution in [0.2, 0.25) is 0 Å². The third-order valence-electron chi connectivity index (χ3n) is 4.79. The highest BCUT2D eigenvalue weighted by Gasteiger charge is 2.26. The van der Waals surface area contributed by atoms with Gasteiger partial charge in [-0.1, -0.05) is 41.6 Å². The first-order valence-corrected chi connectivity index (χ1v) is 9.66. The molecule has 0 aliphatic carbocycles. The van der Waals surface area contributed by atoms with E-state index in [0.717, 1.165) is 11.1 Å². The lowest BCUT2D eigenvalue weighted by Gasteiger charge is -2.12. The normalized spacial score (nSPS) is 10.5. The van der Waals surface area contributed by atoms with E-state index in [-0.39, 0.29) is 18.2 Å². The maximum absolute atomic E-state index is 12.7. The number of rotatable bonds is 7. The zero-order chi connectivity index (χ0) is 21.6. The molecule has 0 spiro atoms. The van der Waals surface area contributed by atoms with Crippen LogP contribution in [0.3, 0.4) is 0 Å². The van der Waals surface area contributed by atoms with Crippen LogP contribution >= 0.6 is 0 Å². The van der Waals surface area contributed by atoms with Gasteiger partial charge in [-0.25, -0.2) is 0 Å². The van der Waals surface area contributed by atoms with E-state index < -0.39 is 0 Å². The van der Waals surface area contributed by atoms with Gasteiger partial charge in [0.2, 0.25) is 11.8 Å². The zero-order valence-corrected chi connectivity index (χ0v) is 17.2. The average Bonchev–Trinajstić information content (AvgIpc) is 3.22. The third kappa shape index (κ3) is 4.25. The van der Waals surface area contributed by atoms with Crippen molar-refractivity contribution in [2.24, 2.45) is 0 Å². The molecule has 4 aromatic rings. The molecule has 1 amide bonds. The van der Waals surface area contributed by atoms with Gasteiger partial charge in [-0.05, 0) is 35.4 Å². The second-order valence-electron chi connectivity index (χ2n) is 6.72. The molecule has 7 heteroatoms. The molecule has 0 bridgehead atoms. The summed E-state index contributed by atoms with van der Waals surface area (Å²) in [6.45, 7) is 0. The molecule has 2 heterocycles. The number of hydrogen-bond acceptors (Lipinski definition) is 6. The summed E-state index contributed by atoms with van der Waals surface area (Å²) in [4.78, 5) is 16.8. The Morgan fingerprint density at radius 3 is 2.23 bits per heavy atom. The Morgan fingerprint density at radius 2 is 1.58 bits per heavy atom. The van der Waals surface area contributed by atoms with Crippen LogP contribution in [-0.2, 0) is 11.2 Å². The van der Waals surface area contributed by atoms with E-state index in [4.69, 9.17) is 14.0 Å². The number of hydrogen-bond donors (Lipinski definition) is 1. The number of benzene rings is 2. The second kappa shape index (κ2) is 9.13. The fraction of sp³-hybridized carbons (Fsp3) is 0.125. The SMILES string of the molecule is COc1cccc(OC)c1-c1noc(NC(=O)Cc2ccccc2)c1-c1ccncc1.